The van der Waals surface area contributed by atoms with Crippen molar-refractivity contribution in [2.45, 2.75) is 20.4 Å². The maximum atomic E-state index is 12.3. The van der Waals surface area contributed by atoms with E-state index in [-0.39, 0.29) is 5.91 Å². The molecule has 0 spiro atoms. The third-order valence-electron chi connectivity index (χ3n) is 3.44. The molecule has 6 heteroatoms. The number of hydrogen-bond acceptors (Lipinski definition) is 4. The van der Waals surface area contributed by atoms with Gasteiger partial charge in [-0.1, -0.05) is 11.6 Å². The molecule has 21 heavy (non-hydrogen) atoms. The van der Waals surface area contributed by atoms with E-state index in [4.69, 9.17) is 5.73 Å². The zero-order valence-corrected chi connectivity index (χ0v) is 12.7. The highest BCUT2D eigenvalue weighted by molar-refractivity contribution is 7.13. The second kappa shape index (κ2) is 5.21. The fourth-order valence-electron chi connectivity index (χ4n) is 2.33. The number of nitrogens with one attached hydrogen (secondary N) is 2. The average molecular weight is 300 g/mol. The van der Waals surface area contributed by atoms with Crippen LogP contribution in [0.25, 0.3) is 10.9 Å². The van der Waals surface area contributed by atoms with Gasteiger partial charge in [0, 0.05) is 16.3 Å². The summed E-state index contributed by atoms with van der Waals surface area (Å²) in [6.07, 6.45) is 0. The molecule has 1 aromatic carbocycles. The fourth-order valence-corrected chi connectivity index (χ4v) is 2.89. The monoisotopic (exact) mass is 300 g/mol. The van der Waals surface area contributed by atoms with Crippen molar-refractivity contribution in [1.82, 2.24) is 15.3 Å². The lowest BCUT2D eigenvalue weighted by Gasteiger charge is -2.02. The number of rotatable bonds is 3. The van der Waals surface area contributed by atoms with E-state index in [1.165, 1.54) is 16.9 Å². The lowest BCUT2D eigenvalue weighted by Crippen LogP contribution is -2.24. The molecule has 0 bridgehead atoms. The summed E-state index contributed by atoms with van der Waals surface area (Å²) in [5.74, 6) is -0.132. The molecular formula is C15H16N4OS. The SMILES string of the molecule is Cc1ccc2[nH]c(C(=O)NCc3csc(N)n3)c(C)c2c1. The summed E-state index contributed by atoms with van der Waals surface area (Å²) >= 11 is 1.37. The Morgan fingerprint density at radius 3 is 2.95 bits per heavy atom. The van der Waals surface area contributed by atoms with E-state index in [1.54, 1.807) is 0 Å². The van der Waals surface area contributed by atoms with Gasteiger partial charge in [-0.25, -0.2) is 4.98 Å². The molecule has 2 heterocycles. The highest BCUT2D eigenvalue weighted by Crippen LogP contribution is 2.22. The van der Waals surface area contributed by atoms with Crippen LogP contribution in [0.4, 0.5) is 5.13 Å². The summed E-state index contributed by atoms with van der Waals surface area (Å²) in [5.41, 5.74) is 10.1. The van der Waals surface area contributed by atoms with Crippen LogP contribution in [0.15, 0.2) is 23.6 Å². The van der Waals surface area contributed by atoms with E-state index >= 15 is 0 Å². The summed E-state index contributed by atoms with van der Waals surface area (Å²) < 4.78 is 0. The molecule has 0 saturated heterocycles. The van der Waals surface area contributed by atoms with Gasteiger partial charge in [-0.05, 0) is 31.5 Å². The summed E-state index contributed by atoms with van der Waals surface area (Å²) in [7, 11) is 0. The average Bonchev–Trinajstić information content (AvgIpc) is 3.01. The van der Waals surface area contributed by atoms with Crippen LogP contribution < -0.4 is 11.1 Å². The second-order valence-corrected chi connectivity index (χ2v) is 5.92. The molecule has 1 amide bonds. The Balaban J connectivity index is 1.82. The lowest BCUT2D eigenvalue weighted by atomic mass is 10.1. The van der Waals surface area contributed by atoms with E-state index in [0.29, 0.717) is 17.4 Å². The molecule has 5 nitrogen and oxygen atoms in total. The molecule has 0 fully saturated rings. The van der Waals surface area contributed by atoms with Gasteiger partial charge in [0.1, 0.15) is 5.69 Å². The number of anilines is 1. The Morgan fingerprint density at radius 2 is 2.24 bits per heavy atom. The second-order valence-electron chi connectivity index (χ2n) is 5.03. The van der Waals surface area contributed by atoms with Crippen LogP contribution in [-0.2, 0) is 6.54 Å². The number of carbonyl (C=O) groups is 1. The molecule has 0 aliphatic carbocycles. The number of thiazole rings is 1. The molecule has 0 unspecified atom stereocenters. The number of aromatic amines is 1. The van der Waals surface area contributed by atoms with Crippen LogP contribution in [0.1, 0.15) is 27.3 Å². The normalized spacial score (nSPS) is 11.0. The van der Waals surface area contributed by atoms with Gasteiger partial charge in [0.15, 0.2) is 5.13 Å². The number of hydrogen-bond donors (Lipinski definition) is 3. The van der Waals surface area contributed by atoms with Crippen LogP contribution in [0, 0.1) is 13.8 Å². The van der Waals surface area contributed by atoms with Crippen LogP contribution in [-0.4, -0.2) is 15.9 Å². The number of nitrogens with two attached hydrogens (primary N) is 1. The topological polar surface area (TPSA) is 83.8 Å². The van der Waals surface area contributed by atoms with E-state index in [9.17, 15) is 4.79 Å². The number of fused-ring (bicyclic) bond motifs is 1. The molecular weight excluding hydrogens is 284 g/mol. The van der Waals surface area contributed by atoms with Crippen LogP contribution >= 0.6 is 11.3 Å². The van der Waals surface area contributed by atoms with Crippen molar-refractivity contribution in [2.24, 2.45) is 0 Å². The van der Waals surface area contributed by atoms with E-state index in [1.807, 2.05) is 31.4 Å². The van der Waals surface area contributed by atoms with Gasteiger partial charge in [-0.15, -0.1) is 11.3 Å². The number of carbonyl (C=O) groups excluding carboxylic acids is 1. The first-order chi connectivity index (χ1) is 10.0. The quantitative estimate of drug-likeness (QED) is 0.695. The van der Waals surface area contributed by atoms with Crippen molar-refractivity contribution in [3.05, 3.63) is 46.1 Å². The summed E-state index contributed by atoms with van der Waals surface area (Å²) in [6.45, 7) is 4.37. The molecule has 0 atom stereocenters. The Labute approximate surface area is 126 Å². The fraction of sp³-hybridized carbons (Fsp3) is 0.200. The number of nitrogens with zero attached hydrogens (tertiary/aromatic N) is 1. The Kier molecular flexibility index (Phi) is 3.39. The van der Waals surface area contributed by atoms with Gasteiger partial charge in [-0.2, -0.15) is 0 Å². The zero-order chi connectivity index (χ0) is 15.0. The van der Waals surface area contributed by atoms with Gasteiger partial charge in [-0.3, -0.25) is 4.79 Å². The molecule has 4 N–H and O–H groups in total. The van der Waals surface area contributed by atoms with Gasteiger partial charge >= 0.3 is 0 Å². The number of H-pyrrole nitrogens is 1. The van der Waals surface area contributed by atoms with Gasteiger partial charge < -0.3 is 16.0 Å². The smallest absolute Gasteiger partial charge is 0.268 e. The maximum absolute atomic E-state index is 12.3. The minimum atomic E-state index is -0.132. The maximum Gasteiger partial charge on any atom is 0.268 e. The first-order valence-corrected chi connectivity index (χ1v) is 7.49. The number of aromatic nitrogens is 2. The van der Waals surface area contributed by atoms with E-state index in [0.717, 1.165) is 22.2 Å². The lowest BCUT2D eigenvalue weighted by molar-refractivity contribution is 0.0945. The Morgan fingerprint density at radius 1 is 1.43 bits per heavy atom. The largest absolute Gasteiger partial charge is 0.375 e. The van der Waals surface area contributed by atoms with Gasteiger partial charge in [0.25, 0.3) is 5.91 Å². The first-order valence-electron chi connectivity index (χ1n) is 6.61. The molecule has 2 aromatic heterocycles. The van der Waals surface area contributed by atoms with Crippen molar-refractivity contribution in [3.8, 4) is 0 Å². The summed E-state index contributed by atoms with van der Waals surface area (Å²) in [4.78, 5) is 19.6. The molecule has 0 radical (unpaired) electrons. The van der Waals surface area contributed by atoms with Crippen molar-refractivity contribution in [1.29, 1.82) is 0 Å². The number of aryl methyl sites for hydroxylation is 2. The molecule has 0 aliphatic rings. The molecule has 3 aromatic rings. The zero-order valence-electron chi connectivity index (χ0n) is 11.9. The Hall–Kier alpha value is -2.34. The van der Waals surface area contributed by atoms with Crippen molar-refractivity contribution >= 4 is 33.3 Å². The van der Waals surface area contributed by atoms with Crippen LogP contribution in [0.3, 0.4) is 0 Å². The van der Waals surface area contributed by atoms with Crippen molar-refractivity contribution in [3.63, 3.8) is 0 Å². The van der Waals surface area contributed by atoms with E-state index < -0.39 is 0 Å². The number of benzene rings is 1. The predicted molar refractivity (Wildman–Crippen MR) is 85.5 cm³/mol. The molecule has 0 saturated carbocycles. The number of nitrogen functional groups attached to an aromatic ring is 1. The highest BCUT2D eigenvalue weighted by atomic mass is 32.1. The van der Waals surface area contributed by atoms with Gasteiger partial charge in [0.05, 0.1) is 12.2 Å². The third-order valence-corrected chi connectivity index (χ3v) is 4.16. The van der Waals surface area contributed by atoms with Crippen LogP contribution in [0.5, 0.6) is 0 Å². The van der Waals surface area contributed by atoms with Crippen molar-refractivity contribution in [2.75, 3.05) is 5.73 Å². The number of amides is 1. The first kappa shape index (κ1) is 13.6. The van der Waals surface area contributed by atoms with Crippen LogP contribution in [0.2, 0.25) is 0 Å². The highest BCUT2D eigenvalue weighted by Gasteiger charge is 2.14. The van der Waals surface area contributed by atoms with Gasteiger partial charge in [0.2, 0.25) is 0 Å². The molecule has 108 valence electrons. The predicted octanol–water partition coefficient (Wildman–Crippen LogP) is 2.75. The summed E-state index contributed by atoms with van der Waals surface area (Å²) in [5, 5.41) is 6.30. The third kappa shape index (κ3) is 2.62. The Bertz CT molecular complexity index is 818. The summed E-state index contributed by atoms with van der Waals surface area (Å²) in [6, 6.07) is 6.10. The minimum Gasteiger partial charge on any atom is -0.375 e. The van der Waals surface area contributed by atoms with Crippen molar-refractivity contribution < 1.29 is 4.79 Å². The standard InChI is InChI=1S/C15H16N4OS/c1-8-3-4-12-11(5-8)9(2)13(19-12)14(20)17-6-10-7-21-15(16)18-10/h3-5,7,19H,6H2,1-2H3,(H2,16,18)(H,17,20). The molecule has 0 aliphatic heterocycles. The molecule has 3 rings (SSSR count). The minimum absolute atomic E-state index is 0.132. The van der Waals surface area contributed by atoms with E-state index in [2.05, 4.69) is 21.4 Å².